The second-order valence-corrected chi connectivity index (χ2v) is 5.01. The molecule has 1 aliphatic heterocycles. The van der Waals surface area contributed by atoms with Gasteiger partial charge in [0.2, 0.25) is 11.8 Å². The van der Waals surface area contributed by atoms with Crippen LogP contribution >= 0.6 is 0 Å². The zero-order valence-electron chi connectivity index (χ0n) is 12.4. The number of hydrogen-bond donors (Lipinski definition) is 0. The third-order valence-electron chi connectivity index (χ3n) is 3.86. The van der Waals surface area contributed by atoms with Crippen molar-refractivity contribution in [2.45, 2.75) is 18.9 Å². The number of likely N-dealkylation sites (tertiary alicyclic amines) is 1. The molecule has 2 atom stereocenters. The smallest absolute Gasteiger partial charge is 0.399 e. The fraction of sp³-hybridized carbons (Fsp3) is 0.375. The van der Waals surface area contributed by atoms with Gasteiger partial charge in [0.15, 0.2) is 0 Å². The van der Waals surface area contributed by atoms with Crippen molar-refractivity contribution in [1.29, 1.82) is 0 Å². The van der Waals surface area contributed by atoms with Crippen LogP contribution in [0.4, 0.5) is 0 Å². The number of carbonyl (C=O) groups excluding carboxylic acids is 3. The van der Waals surface area contributed by atoms with Crippen molar-refractivity contribution in [3.63, 3.8) is 0 Å². The molecule has 114 valence electrons. The number of nitrogens with zero attached hydrogens (tertiary/aromatic N) is 2. The summed E-state index contributed by atoms with van der Waals surface area (Å²) in [6.07, 6.45) is -0.175. The van der Waals surface area contributed by atoms with Gasteiger partial charge in [-0.1, -0.05) is 30.3 Å². The first-order chi connectivity index (χ1) is 10.5. The lowest BCUT2D eigenvalue weighted by Gasteiger charge is -2.24. The Kier molecular flexibility index (Phi) is 4.27. The Bertz CT molecular complexity index is 650. The first-order valence-corrected chi connectivity index (χ1v) is 6.90. The molecule has 0 aliphatic carbocycles. The van der Waals surface area contributed by atoms with Crippen molar-refractivity contribution >= 4 is 17.8 Å². The van der Waals surface area contributed by atoms with Crippen LogP contribution in [0, 0.1) is 12.5 Å². The molecule has 2 amide bonds. The van der Waals surface area contributed by atoms with E-state index in [0.717, 1.165) is 4.90 Å². The van der Waals surface area contributed by atoms with Crippen LogP contribution in [0.3, 0.4) is 0 Å². The molecule has 22 heavy (non-hydrogen) atoms. The average Bonchev–Trinajstić information content (AvgIpc) is 2.78. The topological polar surface area (TPSA) is 68.0 Å². The highest BCUT2D eigenvalue weighted by Gasteiger charge is 2.63. The highest BCUT2D eigenvalue weighted by molar-refractivity contribution is 6.07. The Hall–Kier alpha value is -2.68. The van der Waals surface area contributed by atoms with Gasteiger partial charge in [-0.2, -0.15) is 0 Å². The average molecular weight is 300 g/mol. The summed E-state index contributed by atoms with van der Waals surface area (Å²) in [5.41, 5.74) is -1.46. The number of carbonyl (C=O) groups is 3. The Morgan fingerprint density at radius 3 is 2.50 bits per heavy atom. The quantitative estimate of drug-likeness (QED) is 0.478. The normalized spacial score (nSPS) is 20.4. The third kappa shape index (κ3) is 2.25. The Morgan fingerprint density at radius 2 is 2.05 bits per heavy atom. The highest BCUT2D eigenvalue weighted by atomic mass is 16.5. The van der Waals surface area contributed by atoms with E-state index in [1.165, 1.54) is 7.05 Å². The first kappa shape index (κ1) is 15.7. The summed E-state index contributed by atoms with van der Waals surface area (Å²) in [6.45, 7) is 9.30. The number of benzene rings is 1. The number of ether oxygens (including phenoxy) is 1. The van der Waals surface area contributed by atoms with Gasteiger partial charge in [-0.3, -0.25) is 19.3 Å². The van der Waals surface area contributed by atoms with E-state index in [2.05, 4.69) is 4.85 Å². The summed E-state index contributed by atoms with van der Waals surface area (Å²) in [5, 5.41) is 0. The fourth-order valence-electron chi connectivity index (χ4n) is 2.66. The predicted molar refractivity (Wildman–Crippen MR) is 77.2 cm³/mol. The van der Waals surface area contributed by atoms with E-state index in [4.69, 9.17) is 11.3 Å². The van der Waals surface area contributed by atoms with Crippen molar-refractivity contribution in [3.8, 4) is 0 Å². The van der Waals surface area contributed by atoms with Crippen LogP contribution < -0.4 is 0 Å². The molecule has 1 saturated heterocycles. The molecule has 6 nitrogen and oxygen atoms in total. The molecule has 0 unspecified atom stereocenters. The lowest BCUT2D eigenvalue weighted by molar-refractivity contribution is -0.153. The van der Waals surface area contributed by atoms with E-state index in [0.29, 0.717) is 5.56 Å². The van der Waals surface area contributed by atoms with Crippen molar-refractivity contribution in [2.24, 2.45) is 5.92 Å². The molecule has 6 heteroatoms. The largest absolute Gasteiger partial charge is 0.460 e. The molecule has 1 fully saturated rings. The zero-order valence-corrected chi connectivity index (χ0v) is 12.4. The number of hydrogen-bond acceptors (Lipinski definition) is 4. The maximum Gasteiger partial charge on any atom is 0.399 e. The number of amides is 2. The molecule has 0 radical (unpaired) electrons. The van der Waals surface area contributed by atoms with Crippen LogP contribution in [0.2, 0.25) is 0 Å². The molecule has 2 rings (SSSR count). The third-order valence-corrected chi connectivity index (χ3v) is 3.86. The van der Waals surface area contributed by atoms with E-state index < -0.39 is 29.2 Å². The summed E-state index contributed by atoms with van der Waals surface area (Å²) >= 11 is 0. The predicted octanol–water partition coefficient (Wildman–Crippen LogP) is 1.37. The van der Waals surface area contributed by atoms with Crippen LogP contribution in [0.5, 0.6) is 0 Å². The molecular weight excluding hydrogens is 284 g/mol. The minimum absolute atomic E-state index is 0.0909. The Labute approximate surface area is 128 Å². The minimum Gasteiger partial charge on any atom is -0.460 e. The van der Waals surface area contributed by atoms with Gasteiger partial charge in [-0.25, -0.2) is 11.4 Å². The van der Waals surface area contributed by atoms with E-state index in [9.17, 15) is 14.4 Å². The fourth-order valence-corrected chi connectivity index (χ4v) is 2.66. The molecule has 0 spiro atoms. The van der Waals surface area contributed by atoms with Gasteiger partial charge in [0, 0.05) is 19.0 Å². The van der Waals surface area contributed by atoms with E-state index in [1.54, 1.807) is 37.3 Å². The molecule has 1 heterocycles. The number of imide groups is 1. The summed E-state index contributed by atoms with van der Waals surface area (Å²) in [7, 11) is 1.36. The van der Waals surface area contributed by atoms with Crippen molar-refractivity contribution in [3.05, 3.63) is 47.3 Å². The van der Waals surface area contributed by atoms with Gasteiger partial charge in [0.05, 0.1) is 6.61 Å². The standard InChI is InChI=1S/C16H16N2O4/c1-4-22-15(21)16(17-2,11-8-6-5-7-9-11)12-10-13(19)18(3)14(12)20/h5-9,12H,4,10H2,1,3H3/t12-,16-/m0/s1. The lowest BCUT2D eigenvalue weighted by atomic mass is 9.77. The molecule has 1 aromatic rings. The number of esters is 1. The van der Waals surface area contributed by atoms with Crippen LogP contribution in [0.1, 0.15) is 18.9 Å². The molecule has 0 N–H and O–H groups in total. The zero-order chi connectivity index (χ0) is 16.3. The number of rotatable bonds is 4. The van der Waals surface area contributed by atoms with E-state index in [1.807, 2.05) is 0 Å². The minimum atomic E-state index is -1.82. The SMILES string of the molecule is [C-]#[N+][C@@](C(=O)OCC)(c1ccccc1)[C@H]1CC(=O)N(C)C1=O. The Balaban J connectivity index is 2.61. The van der Waals surface area contributed by atoms with Gasteiger partial charge >= 0.3 is 11.5 Å². The second-order valence-electron chi connectivity index (χ2n) is 5.01. The maximum absolute atomic E-state index is 12.5. The summed E-state index contributed by atoms with van der Waals surface area (Å²) < 4.78 is 5.05. The van der Waals surface area contributed by atoms with Gasteiger partial charge in [-0.15, -0.1) is 0 Å². The molecule has 0 aromatic heterocycles. The highest BCUT2D eigenvalue weighted by Crippen LogP contribution is 2.41. The van der Waals surface area contributed by atoms with E-state index >= 15 is 0 Å². The maximum atomic E-state index is 12.5. The molecule has 1 aromatic carbocycles. The summed E-state index contributed by atoms with van der Waals surface area (Å²) in [6, 6.07) is 8.31. The van der Waals surface area contributed by atoms with Crippen LogP contribution in [-0.4, -0.2) is 36.3 Å². The van der Waals surface area contributed by atoms with Gasteiger partial charge in [-0.05, 0) is 6.92 Å². The van der Waals surface area contributed by atoms with Crippen LogP contribution in [-0.2, 0) is 24.7 Å². The summed E-state index contributed by atoms with van der Waals surface area (Å²) in [5.74, 6) is -2.79. The monoisotopic (exact) mass is 300 g/mol. The molecule has 1 aliphatic rings. The van der Waals surface area contributed by atoms with Gasteiger partial charge in [0.1, 0.15) is 5.92 Å². The first-order valence-electron chi connectivity index (χ1n) is 6.90. The second kappa shape index (κ2) is 5.98. The van der Waals surface area contributed by atoms with E-state index in [-0.39, 0.29) is 13.0 Å². The lowest BCUT2D eigenvalue weighted by Crippen LogP contribution is -2.45. The molecule has 0 bridgehead atoms. The van der Waals surface area contributed by atoms with Crippen LogP contribution in [0.25, 0.3) is 4.85 Å². The van der Waals surface area contributed by atoms with Crippen molar-refractivity contribution in [1.82, 2.24) is 4.90 Å². The Morgan fingerprint density at radius 1 is 1.41 bits per heavy atom. The van der Waals surface area contributed by atoms with Crippen LogP contribution in [0.15, 0.2) is 30.3 Å². The van der Waals surface area contributed by atoms with Crippen molar-refractivity contribution in [2.75, 3.05) is 13.7 Å². The summed E-state index contributed by atoms with van der Waals surface area (Å²) in [4.78, 5) is 41.2. The molecule has 0 saturated carbocycles. The van der Waals surface area contributed by atoms with Gasteiger partial charge in [0.25, 0.3) is 0 Å². The van der Waals surface area contributed by atoms with Gasteiger partial charge < -0.3 is 4.74 Å². The van der Waals surface area contributed by atoms with Crippen molar-refractivity contribution < 1.29 is 19.1 Å². The molecular formula is C16H16N2O4.